The lowest BCUT2D eigenvalue weighted by molar-refractivity contribution is -0.141. The molecular formula is C25H35N5O6. The predicted octanol–water partition coefficient (Wildman–Crippen LogP) is 3.08. The molecule has 1 saturated carbocycles. The van der Waals surface area contributed by atoms with E-state index in [-0.39, 0.29) is 37.6 Å². The molecule has 1 aliphatic carbocycles. The van der Waals surface area contributed by atoms with Crippen LogP contribution < -0.4 is 0 Å². The van der Waals surface area contributed by atoms with Gasteiger partial charge in [-0.05, 0) is 57.2 Å². The number of rotatable bonds is 8. The number of aryl methyl sites for hydroxylation is 3. The number of nitrogens with zero attached hydrogens (tertiary/aromatic N) is 5. The molecule has 1 aromatic carbocycles. The summed E-state index contributed by atoms with van der Waals surface area (Å²) in [6.45, 7) is 7.17. The summed E-state index contributed by atoms with van der Waals surface area (Å²) in [6.07, 6.45) is 0.142. The summed E-state index contributed by atoms with van der Waals surface area (Å²) in [7, 11) is 1.67. The van der Waals surface area contributed by atoms with Crippen LogP contribution in [0, 0.1) is 13.8 Å². The Hall–Kier alpha value is -3.34. The summed E-state index contributed by atoms with van der Waals surface area (Å²) in [6, 6.07) is 2.77. The lowest BCUT2D eigenvalue weighted by Gasteiger charge is -2.41. The molecule has 4 rings (SSSR count). The Morgan fingerprint density at radius 1 is 1.17 bits per heavy atom. The number of carboxylic acid groups (broad SMARTS) is 2. The maximum absolute atomic E-state index is 13.8. The first-order chi connectivity index (χ1) is 17.1. The van der Waals surface area contributed by atoms with Gasteiger partial charge in [0.15, 0.2) is 0 Å². The Balaban J connectivity index is 1.67. The maximum Gasteiger partial charge on any atom is 0.408 e. The van der Waals surface area contributed by atoms with Crippen molar-refractivity contribution in [3.8, 4) is 0 Å². The van der Waals surface area contributed by atoms with E-state index in [0.717, 1.165) is 56.8 Å². The molecule has 11 heteroatoms. The highest BCUT2D eigenvalue weighted by atomic mass is 16.5. The highest BCUT2D eigenvalue weighted by Crippen LogP contribution is 2.37. The highest BCUT2D eigenvalue weighted by molar-refractivity contribution is 5.88. The van der Waals surface area contributed by atoms with Gasteiger partial charge in [-0.3, -0.25) is 14.4 Å². The van der Waals surface area contributed by atoms with Gasteiger partial charge in [-0.1, -0.05) is 6.07 Å². The van der Waals surface area contributed by atoms with Gasteiger partial charge in [0.05, 0.1) is 23.8 Å². The lowest BCUT2D eigenvalue weighted by atomic mass is 9.99. The number of piperazine rings is 1. The zero-order chi connectivity index (χ0) is 26.1. The minimum atomic E-state index is -1.21. The number of methoxy groups -OCH3 is 1. The van der Waals surface area contributed by atoms with Gasteiger partial charge in [-0.2, -0.15) is 5.10 Å². The van der Waals surface area contributed by atoms with Gasteiger partial charge in [0.1, 0.15) is 6.04 Å². The molecule has 2 heterocycles. The molecule has 36 heavy (non-hydrogen) atoms. The molecule has 2 aromatic rings. The highest BCUT2D eigenvalue weighted by Gasteiger charge is 2.44. The van der Waals surface area contributed by atoms with Crippen molar-refractivity contribution in [2.24, 2.45) is 0 Å². The van der Waals surface area contributed by atoms with Gasteiger partial charge in [-0.15, -0.1) is 0 Å². The standard InChI is InChI=1S/C25H35N5O6/c1-15-12-18(13-20-22(15)16(2)26-29(20)8-5-11-36-4)17(3)30(19-6-7-19)23(31)21-14-27(24(32)33)9-10-28(21)25(34)35/h12-13,17,19,21H,5-11,14H2,1-4H3,(H,32,33)(H,34,35)/t17?,21-/m1/s1. The van der Waals surface area contributed by atoms with Crippen molar-refractivity contribution in [3.05, 3.63) is 29.0 Å². The van der Waals surface area contributed by atoms with Gasteiger partial charge in [0, 0.05) is 44.8 Å². The number of fused-ring (bicyclic) bond motifs is 1. The molecule has 0 radical (unpaired) electrons. The van der Waals surface area contributed by atoms with Gasteiger partial charge in [-0.25, -0.2) is 9.59 Å². The number of ether oxygens (including phenoxy) is 1. The van der Waals surface area contributed by atoms with Crippen molar-refractivity contribution in [2.45, 2.75) is 64.7 Å². The summed E-state index contributed by atoms with van der Waals surface area (Å²) >= 11 is 0. The summed E-state index contributed by atoms with van der Waals surface area (Å²) in [5, 5.41) is 25.0. The van der Waals surface area contributed by atoms with Crippen LogP contribution in [-0.2, 0) is 16.1 Å². The molecule has 2 fully saturated rings. The van der Waals surface area contributed by atoms with Gasteiger partial charge < -0.3 is 24.7 Å². The predicted molar refractivity (Wildman–Crippen MR) is 132 cm³/mol. The monoisotopic (exact) mass is 501 g/mol. The lowest BCUT2D eigenvalue weighted by Crippen LogP contribution is -2.62. The second-order valence-corrected chi connectivity index (χ2v) is 9.76. The Bertz CT molecular complexity index is 1160. The van der Waals surface area contributed by atoms with Gasteiger partial charge in [0.2, 0.25) is 5.91 Å². The van der Waals surface area contributed by atoms with E-state index < -0.39 is 18.2 Å². The number of benzene rings is 1. The minimum absolute atomic E-state index is 0.00713. The fourth-order valence-corrected chi connectivity index (χ4v) is 5.29. The third-order valence-electron chi connectivity index (χ3n) is 7.24. The number of hydrogen-bond donors (Lipinski definition) is 2. The smallest absolute Gasteiger partial charge is 0.408 e. The van der Waals surface area contributed by atoms with Crippen LogP contribution in [0.5, 0.6) is 0 Å². The van der Waals surface area contributed by atoms with Crippen LogP contribution >= 0.6 is 0 Å². The van der Waals surface area contributed by atoms with Crippen LogP contribution in [0.25, 0.3) is 10.9 Å². The van der Waals surface area contributed by atoms with E-state index in [9.17, 15) is 24.6 Å². The van der Waals surface area contributed by atoms with E-state index in [1.54, 1.807) is 12.0 Å². The van der Waals surface area contributed by atoms with E-state index in [1.165, 1.54) is 0 Å². The second kappa shape index (κ2) is 10.3. The van der Waals surface area contributed by atoms with Crippen molar-refractivity contribution < 1.29 is 29.3 Å². The quantitative estimate of drug-likeness (QED) is 0.532. The van der Waals surface area contributed by atoms with Gasteiger partial charge >= 0.3 is 12.2 Å². The van der Waals surface area contributed by atoms with Crippen LogP contribution in [0.2, 0.25) is 0 Å². The first-order valence-corrected chi connectivity index (χ1v) is 12.4. The first kappa shape index (κ1) is 25.7. The van der Waals surface area contributed by atoms with Crippen molar-refractivity contribution in [1.29, 1.82) is 0 Å². The number of amides is 3. The molecule has 3 amide bonds. The van der Waals surface area contributed by atoms with Gasteiger partial charge in [0.25, 0.3) is 0 Å². The van der Waals surface area contributed by atoms with E-state index in [4.69, 9.17) is 9.84 Å². The van der Waals surface area contributed by atoms with Crippen molar-refractivity contribution in [3.63, 3.8) is 0 Å². The van der Waals surface area contributed by atoms with E-state index in [2.05, 4.69) is 12.1 Å². The summed E-state index contributed by atoms with van der Waals surface area (Å²) < 4.78 is 7.17. The van der Waals surface area contributed by atoms with E-state index in [1.807, 2.05) is 25.5 Å². The molecule has 0 bridgehead atoms. The zero-order valence-electron chi connectivity index (χ0n) is 21.3. The van der Waals surface area contributed by atoms with E-state index >= 15 is 0 Å². The Morgan fingerprint density at radius 3 is 2.50 bits per heavy atom. The number of carbonyl (C=O) groups is 3. The first-order valence-electron chi connectivity index (χ1n) is 12.4. The summed E-state index contributed by atoms with van der Waals surface area (Å²) in [5.74, 6) is -0.346. The fourth-order valence-electron chi connectivity index (χ4n) is 5.29. The molecule has 196 valence electrons. The van der Waals surface area contributed by atoms with E-state index in [0.29, 0.717) is 13.2 Å². The molecule has 2 atom stereocenters. The topological polar surface area (TPSA) is 128 Å². The Kier molecular flexibility index (Phi) is 7.39. The van der Waals surface area contributed by atoms with Crippen LogP contribution in [0.1, 0.15) is 49.0 Å². The summed E-state index contributed by atoms with van der Waals surface area (Å²) in [4.78, 5) is 41.3. The molecular weight excluding hydrogens is 466 g/mol. The van der Waals surface area contributed by atoms with Crippen LogP contribution in [0.4, 0.5) is 9.59 Å². The average Bonchev–Trinajstić information content (AvgIpc) is 3.61. The number of carbonyl (C=O) groups excluding carboxylic acids is 1. The Labute approximate surface area is 210 Å². The fraction of sp³-hybridized carbons (Fsp3) is 0.600. The molecule has 1 saturated heterocycles. The second-order valence-electron chi connectivity index (χ2n) is 9.76. The maximum atomic E-state index is 13.8. The number of aromatic nitrogens is 2. The largest absolute Gasteiger partial charge is 0.465 e. The zero-order valence-corrected chi connectivity index (χ0v) is 21.3. The van der Waals surface area contributed by atoms with Crippen molar-refractivity contribution >= 4 is 29.0 Å². The molecule has 1 aliphatic heterocycles. The van der Waals surface area contributed by atoms with Crippen LogP contribution in [-0.4, -0.2) is 98.2 Å². The third-order valence-corrected chi connectivity index (χ3v) is 7.24. The average molecular weight is 502 g/mol. The van der Waals surface area contributed by atoms with Crippen LogP contribution in [0.3, 0.4) is 0 Å². The Morgan fingerprint density at radius 2 is 1.89 bits per heavy atom. The molecule has 11 nitrogen and oxygen atoms in total. The van der Waals surface area contributed by atoms with Crippen LogP contribution in [0.15, 0.2) is 12.1 Å². The minimum Gasteiger partial charge on any atom is -0.465 e. The normalized spacial score (nSPS) is 18.9. The molecule has 2 N–H and O–H groups in total. The van der Waals surface area contributed by atoms with Crippen molar-refractivity contribution in [2.75, 3.05) is 33.4 Å². The molecule has 2 aliphatic rings. The molecule has 1 aromatic heterocycles. The molecule has 1 unspecified atom stereocenters. The molecule has 0 spiro atoms. The van der Waals surface area contributed by atoms with Crippen molar-refractivity contribution in [1.82, 2.24) is 24.5 Å². The summed E-state index contributed by atoms with van der Waals surface area (Å²) in [5.41, 5.74) is 3.95. The SMILES string of the molecule is COCCCn1nc(C)c2c(C)cc(C(C)N(C(=O)[C@H]3CN(C(=O)O)CCN3C(=O)O)C3CC3)cc21. The number of hydrogen-bond acceptors (Lipinski definition) is 5. The third kappa shape index (κ3) is 4.97.